The molecule has 0 N–H and O–H groups in total. The fraction of sp³-hybridized carbons (Fsp3) is 0.800. The van der Waals surface area contributed by atoms with Gasteiger partial charge in [-0.05, 0) is 6.42 Å². The molecule has 0 aromatic rings. The Morgan fingerprint density at radius 1 is 1.71 bits per heavy atom. The first-order valence-electron chi connectivity index (χ1n) is 2.41. The first-order chi connectivity index (χ1) is 3.43. The molecule has 1 rings (SSSR count). The summed E-state index contributed by atoms with van der Waals surface area (Å²) in [5, 5.41) is 8.24. The molecule has 38 valence electrons. The van der Waals surface area contributed by atoms with Crippen molar-refractivity contribution in [1.29, 1.82) is 5.26 Å². The van der Waals surface area contributed by atoms with Gasteiger partial charge in [-0.2, -0.15) is 5.26 Å². The molecule has 1 heterocycles. The van der Waals surface area contributed by atoms with Gasteiger partial charge in [-0.3, -0.25) is 0 Å². The molecule has 2 nitrogen and oxygen atoms in total. The molecule has 1 aliphatic heterocycles. The van der Waals surface area contributed by atoms with Crippen molar-refractivity contribution in [3.05, 3.63) is 0 Å². The van der Waals surface area contributed by atoms with E-state index in [9.17, 15) is 0 Å². The van der Waals surface area contributed by atoms with E-state index in [4.69, 9.17) is 10.00 Å². The van der Waals surface area contributed by atoms with Crippen LogP contribution >= 0.6 is 0 Å². The van der Waals surface area contributed by atoms with Gasteiger partial charge >= 0.3 is 0 Å². The fourth-order valence-corrected chi connectivity index (χ4v) is 0.636. The van der Waals surface area contributed by atoms with Crippen molar-refractivity contribution in [3.8, 4) is 6.07 Å². The summed E-state index contributed by atoms with van der Waals surface area (Å²) in [5.41, 5.74) is 0. The summed E-state index contributed by atoms with van der Waals surface area (Å²) in [4.78, 5) is 0. The minimum atomic E-state index is 0.181. The molecule has 0 radical (unpaired) electrons. The van der Waals surface area contributed by atoms with E-state index in [-0.39, 0.29) is 5.92 Å². The SMILES string of the molecule is N#C[C@@H]1CCOC1. The maximum atomic E-state index is 8.24. The third-order valence-corrected chi connectivity index (χ3v) is 1.11. The maximum absolute atomic E-state index is 8.24. The van der Waals surface area contributed by atoms with Gasteiger partial charge in [-0.1, -0.05) is 0 Å². The Labute approximate surface area is 42.7 Å². The molecule has 2 heteroatoms. The summed E-state index contributed by atoms with van der Waals surface area (Å²) in [7, 11) is 0. The molecule has 0 bridgehead atoms. The number of rotatable bonds is 0. The van der Waals surface area contributed by atoms with Crippen LogP contribution in [-0.4, -0.2) is 13.2 Å². The zero-order valence-corrected chi connectivity index (χ0v) is 4.05. The first kappa shape index (κ1) is 4.61. The molecule has 7 heavy (non-hydrogen) atoms. The highest BCUT2D eigenvalue weighted by Gasteiger charge is 2.12. The average molecular weight is 97.1 g/mol. The molecule has 0 aliphatic carbocycles. The Hall–Kier alpha value is -0.550. The van der Waals surface area contributed by atoms with E-state index in [1.807, 2.05) is 0 Å². The topological polar surface area (TPSA) is 33.0 Å². The molecule has 0 unspecified atom stereocenters. The Kier molecular flexibility index (Phi) is 1.28. The van der Waals surface area contributed by atoms with Gasteiger partial charge in [-0.25, -0.2) is 0 Å². The predicted molar refractivity (Wildman–Crippen MR) is 24.5 cm³/mol. The van der Waals surface area contributed by atoms with Crippen LogP contribution < -0.4 is 0 Å². The summed E-state index contributed by atoms with van der Waals surface area (Å²) in [6, 6.07) is 2.14. The summed E-state index contributed by atoms with van der Waals surface area (Å²) in [6.07, 6.45) is 0.927. The molecule has 0 amide bonds. The number of ether oxygens (including phenoxy) is 1. The van der Waals surface area contributed by atoms with Crippen LogP contribution in [0.1, 0.15) is 6.42 Å². The number of hydrogen-bond acceptors (Lipinski definition) is 2. The second kappa shape index (κ2) is 1.94. The molecule has 1 aliphatic rings. The molecule has 0 aromatic carbocycles. The summed E-state index contributed by atoms with van der Waals surface area (Å²) in [5.74, 6) is 0.181. The lowest BCUT2D eigenvalue weighted by Crippen LogP contribution is -1.91. The van der Waals surface area contributed by atoms with Crippen LogP contribution in [0.4, 0.5) is 0 Å². The van der Waals surface area contributed by atoms with E-state index >= 15 is 0 Å². The van der Waals surface area contributed by atoms with Gasteiger partial charge < -0.3 is 4.74 Å². The van der Waals surface area contributed by atoms with Crippen molar-refractivity contribution in [2.24, 2.45) is 5.92 Å². The molecule has 0 saturated carbocycles. The second-order valence-electron chi connectivity index (χ2n) is 1.69. The maximum Gasteiger partial charge on any atom is 0.0719 e. The standard InChI is InChI=1S/C5H7NO/c6-3-5-1-2-7-4-5/h5H,1-2,4H2/t5-/m0/s1. The summed E-state index contributed by atoms with van der Waals surface area (Å²) < 4.78 is 4.93. The first-order valence-corrected chi connectivity index (χ1v) is 2.41. The third-order valence-electron chi connectivity index (χ3n) is 1.11. The molecule has 1 fully saturated rings. The quantitative estimate of drug-likeness (QED) is 0.442. The largest absolute Gasteiger partial charge is 0.380 e. The average Bonchev–Trinajstić information content (AvgIpc) is 2.14. The van der Waals surface area contributed by atoms with Crippen molar-refractivity contribution in [1.82, 2.24) is 0 Å². The van der Waals surface area contributed by atoms with Crippen LogP contribution in [0, 0.1) is 17.2 Å². The van der Waals surface area contributed by atoms with Crippen LogP contribution in [0.15, 0.2) is 0 Å². The van der Waals surface area contributed by atoms with Crippen LogP contribution in [0.5, 0.6) is 0 Å². The fourth-order valence-electron chi connectivity index (χ4n) is 0.636. The van der Waals surface area contributed by atoms with Crippen molar-refractivity contribution in [2.45, 2.75) is 6.42 Å². The van der Waals surface area contributed by atoms with Gasteiger partial charge in [-0.15, -0.1) is 0 Å². The highest BCUT2D eigenvalue weighted by molar-refractivity contribution is 4.84. The minimum Gasteiger partial charge on any atom is -0.380 e. The van der Waals surface area contributed by atoms with Crippen molar-refractivity contribution < 1.29 is 4.74 Å². The molecule has 0 aromatic heterocycles. The van der Waals surface area contributed by atoms with Gasteiger partial charge in [0.05, 0.1) is 18.6 Å². The lowest BCUT2D eigenvalue weighted by atomic mass is 10.2. The van der Waals surface area contributed by atoms with E-state index in [1.165, 1.54) is 0 Å². The van der Waals surface area contributed by atoms with Crippen LogP contribution in [0.2, 0.25) is 0 Å². The molecule has 1 atom stereocenters. The Balaban J connectivity index is 2.31. The van der Waals surface area contributed by atoms with Gasteiger partial charge in [0.25, 0.3) is 0 Å². The zero-order valence-electron chi connectivity index (χ0n) is 4.05. The highest BCUT2D eigenvalue weighted by Crippen LogP contribution is 2.09. The molecular formula is C5H7NO. The monoisotopic (exact) mass is 97.1 g/mol. The normalized spacial score (nSPS) is 29.9. The van der Waals surface area contributed by atoms with E-state index in [0.29, 0.717) is 6.61 Å². The molecule has 0 spiro atoms. The lowest BCUT2D eigenvalue weighted by Gasteiger charge is -1.86. The van der Waals surface area contributed by atoms with Gasteiger partial charge in [0, 0.05) is 6.61 Å². The second-order valence-corrected chi connectivity index (χ2v) is 1.69. The van der Waals surface area contributed by atoms with Crippen molar-refractivity contribution >= 4 is 0 Å². The number of hydrogen-bond donors (Lipinski definition) is 0. The van der Waals surface area contributed by atoms with E-state index in [1.54, 1.807) is 0 Å². The van der Waals surface area contributed by atoms with Crippen molar-refractivity contribution in [2.75, 3.05) is 13.2 Å². The van der Waals surface area contributed by atoms with Gasteiger partial charge in [0.1, 0.15) is 0 Å². The smallest absolute Gasteiger partial charge is 0.0719 e. The van der Waals surface area contributed by atoms with E-state index in [0.717, 1.165) is 13.0 Å². The predicted octanol–water partition coefficient (Wildman–Crippen LogP) is 0.546. The zero-order chi connectivity index (χ0) is 5.11. The minimum absolute atomic E-state index is 0.181. The number of nitrogens with zero attached hydrogens (tertiary/aromatic N) is 1. The number of nitriles is 1. The van der Waals surface area contributed by atoms with Crippen molar-refractivity contribution in [3.63, 3.8) is 0 Å². The van der Waals surface area contributed by atoms with Crippen LogP contribution in [0.25, 0.3) is 0 Å². The van der Waals surface area contributed by atoms with Crippen LogP contribution in [-0.2, 0) is 4.74 Å². The Morgan fingerprint density at radius 2 is 2.57 bits per heavy atom. The third kappa shape index (κ3) is 0.908. The van der Waals surface area contributed by atoms with Gasteiger partial charge in [0.15, 0.2) is 0 Å². The Bertz CT molecular complexity index is 88.7. The van der Waals surface area contributed by atoms with Crippen LogP contribution in [0.3, 0.4) is 0 Å². The lowest BCUT2D eigenvalue weighted by molar-refractivity contribution is 0.192. The van der Waals surface area contributed by atoms with Gasteiger partial charge in [0.2, 0.25) is 0 Å². The van der Waals surface area contributed by atoms with E-state index < -0.39 is 0 Å². The highest BCUT2D eigenvalue weighted by atomic mass is 16.5. The summed E-state index contributed by atoms with van der Waals surface area (Å²) in [6.45, 7) is 1.43. The molecule has 1 saturated heterocycles. The Morgan fingerprint density at radius 3 is 2.86 bits per heavy atom. The summed E-state index contributed by atoms with van der Waals surface area (Å²) >= 11 is 0. The van der Waals surface area contributed by atoms with E-state index in [2.05, 4.69) is 6.07 Å². The molecular weight excluding hydrogens is 90.1 g/mol.